The third kappa shape index (κ3) is 3.12. The van der Waals surface area contributed by atoms with Crippen molar-refractivity contribution in [3.05, 3.63) is 46.7 Å². The topological polar surface area (TPSA) is 38.0 Å². The Kier molecular flexibility index (Phi) is 4.94. The van der Waals surface area contributed by atoms with Crippen molar-refractivity contribution in [2.24, 2.45) is 5.84 Å². The van der Waals surface area contributed by atoms with E-state index in [1.54, 1.807) is 24.3 Å². The van der Waals surface area contributed by atoms with E-state index in [1.807, 2.05) is 0 Å². The van der Waals surface area contributed by atoms with Crippen molar-refractivity contribution in [3.8, 4) is 0 Å². The van der Waals surface area contributed by atoms with Gasteiger partial charge in [-0.15, -0.1) is 6.58 Å². The molecule has 0 aliphatic heterocycles. The summed E-state index contributed by atoms with van der Waals surface area (Å²) in [6, 6.07) is 5.01. The molecule has 0 aliphatic rings. The highest BCUT2D eigenvalue weighted by Crippen LogP contribution is 2.25. The number of nitrogens with one attached hydrogen (secondary N) is 1. The fourth-order valence-electron chi connectivity index (χ4n) is 1.40. The van der Waals surface area contributed by atoms with Crippen LogP contribution in [-0.4, -0.2) is 0 Å². The summed E-state index contributed by atoms with van der Waals surface area (Å²) in [5.74, 6) is 5.14. The molecule has 82 valence electrons. The van der Waals surface area contributed by atoms with Gasteiger partial charge in [0.05, 0.1) is 4.47 Å². The lowest BCUT2D eigenvalue weighted by atomic mass is 10.0. The van der Waals surface area contributed by atoms with E-state index in [9.17, 15) is 4.39 Å². The van der Waals surface area contributed by atoms with E-state index in [-0.39, 0.29) is 11.9 Å². The van der Waals surface area contributed by atoms with Gasteiger partial charge in [-0.25, -0.2) is 4.39 Å². The molecule has 0 aliphatic carbocycles. The van der Waals surface area contributed by atoms with E-state index >= 15 is 0 Å². The highest BCUT2D eigenvalue weighted by atomic mass is 79.9. The average Bonchev–Trinajstić information content (AvgIpc) is 2.25. The second-order valence-electron chi connectivity index (χ2n) is 3.23. The molecule has 1 aromatic rings. The van der Waals surface area contributed by atoms with Gasteiger partial charge in [0.2, 0.25) is 0 Å². The standard InChI is InChI=1S/C11H14BrFN2/c1-2-3-7-10(15-14)8-5-4-6-9(12)11(8)13/h2,4-6,10,15H,1,3,7,14H2. The van der Waals surface area contributed by atoms with Crippen molar-refractivity contribution in [1.29, 1.82) is 0 Å². The predicted octanol–water partition coefficient (Wildman–Crippen LogP) is 3.06. The average molecular weight is 273 g/mol. The molecular weight excluding hydrogens is 259 g/mol. The zero-order valence-electron chi connectivity index (χ0n) is 8.34. The Hall–Kier alpha value is -0.710. The van der Waals surface area contributed by atoms with Crippen LogP contribution in [0.3, 0.4) is 0 Å². The molecule has 3 N–H and O–H groups in total. The van der Waals surface area contributed by atoms with Crippen LogP contribution in [0.1, 0.15) is 24.4 Å². The molecule has 1 aromatic carbocycles. The molecular formula is C11H14BrFN2. The zero-order chi connectivity index (χ0) is 11.3. The first-order valence-electron chi connectivity index (χ1n) is 4.71. The molecule has 1 rings (SSSR count). The Morgan fingerprint density at radius 3 is 2.93 bits per heavy atom. The molecule has 0 bridgehead atoms. The first kappa shape index (κ1) is 12.4. The van der Waals surface area contributed by atoms with Crippen LogP contribution in [0, 0.1) is 5.82 Å². The van der Waals surface area contributed by atoms with Crippen LogP contribution in [0.2, 0.25) is 0 Å². The highest BCUT2D eigenvalue weighted by molar-refractivity contribution is 9.10. The van der Waals surface area contributed by atoms with Gasteiger partial charge < -0.3 is 0 Å². The largest absolute Gasteiger partial charge is 0.271 e. The quantitative estimate of drug-likeness (QED) is 0.491. The molecule has 0 spiro atoms. The summed E-state index contributed by atoms with van der Waals surface area (Å²) < 4.78 is 14.2. The number of nitrogens with two attached hydrogens (primary N) is 1. The normalized spacial score (nSPS) is 12.5. The third-order valence-electron chi connectivity index (χ3n) is 2.22. The van der Waals surface area contributed by atoms with Crippen molar-refractivity contribution < 1.29 is 4.39 Å². The molecule has 15 heavy (non-hydrogen) atoms. The van der Waals surface area contributed by atoms with E-state index in [0.717, 1.165) is 12.8 Å². The summed E-state index contributed by atoms with van der Waals surface area (Å²) >= 11 is 3.15. The minimum atomic E-state index is -0.260. The van der Waals surface area contributed by atoms with E-state index in [2.05, 4.69) is 27.9 Å². The number of benzene rings is 1. The molecule has 0 radical (unpaired) electrons. The van der Waals surface area contributed by atoms with Crippen LogP contribution >= 0.6 is 15.9 Å². The molecule has 0 aromatic heterocycles. The van der Waals surface area contributed by atoms with Gasteiger partial charge in [-0.05, 0) is 34.8 Å². The first-order valence-corrected chi connectivity index (χ1v) is 5.51. The molecule has 0 amide bonds. The minimum Gasteiger partial charge on any atom is -0.271 e. The van der Waals surface area contributed by atoms with Gasteiger partial charge in [-0.2, -0.15) is 0 Å². The first-order chi connectivity index (χ1) is 7.20. The van der Waals surface area contributed by atoms with Gasteiger partial charge in [0, 0.05) is 11.6 Å². The number of halogens is 2. The van der Waals surface area contributed by atoms with Gasteiger partial charge in [-0.3, -0.25) is 11.3 Å². The van der Waals surface area contributed by atoms with Crippen molar-refractivity contribution in [3.63, 3.8) is 0 Å². The summed E-state index contributed by atoms with van der Waals surface area (Å²) in [7, 11) is 0. The SMILES string of the molecule is C=CCCC(NN)c1cccc(Br)c1F. The number of hydrogen-bond acceptors (Lipinski definition) is 2. The van der Waals surface area contributed by atoms with E-state index < -0.39 is 0 Å². The smallest absolute Gasteiger partial charge is 0.142 e. The molecule has 0 saturated carbocycles. The van der Waals surface area contributed by atoms with E-state index in [4.69, 9.17) is 5.84 Å². The fraction of sp³-hybridized carbons (Fsp3) is 0.273. The second-order valence-corrected chi connectivity index (χ2v) is 4.08. The van der Waals surface area contributed by atoms with Crippen molar-refractivity contribution in [2.75, 3.05) is 0 Å². The lowest BCUT2D eigenvalue weighted by Crippen LogP contribution is -2.28. The summed E-state index contributed by atoms with van der Waals surface area (Å²) in [5.41, 5.74) is 3.19. The number of hydrogen-bond donors (Lipinski definition) is 2. The van der Waals surface area contributed by atoms with E-state index in [1.165, 1.54) is 0 Å². The summed E-state index contributed by atoms with van der Waals surface area (Å²) in [4.78, 5) is 0. The van der Waals surface area contributed by atoms with Crippen LogP contribution in [0.4, 0.5) is 4.39 Å². The number of allylic oxidation sites excluding steroid dienone is 1. The van der Waals surface area contributed by atoms with Crippen LogP contribution in [0.25, 0.3) is 0 Å². The Bertz CT molecular complexity index is 341. The monoisotopic (exact) mass is 272 g/mol. The van der Waals surface area contributed by atoms with Crippen molar-refractivity contribution >= 4 is 15.9 Å². The van der Waals surface area contributed by atoms with E-state index in [0.29, 0.717) is 10.0 Å². The maximum Gasteiger partial charge on any atom is 0.142 e. The summed E-state index contributed by atoms with van der Waals surface area (Å²) in [6.45, 7) is 3.63. The zero-order valence-corrected chi connectivity index (χ0v) is 9.93. The van der Waals surface area contributed by atoms with Crippen molar-refractivity contribution in [2.45, 2.75) is 18.9 Å². The minimum absolute atomic E-state index is 0.180. The van der Waals surface area contributed by atoms with Crippen LogP contribution in [0.5, 0.6) is 0 Å². The van der Waals surface area contributed by atoms with Crippen LogP contribution < -0.4 is 11.3 Å². The predicted molar refractivity (Wildman–Crippen MR) is 63.6 cm³/mol. The lowest BCUT2D eigenvalue weighted by molar-refractivity contribution is 0.487. The second kappa shape index (κ2) is 6.00. The molecule has 0 heterocycles. The van der Waals surface area contributed by atoms with Gasteiger partial charge in [0.15, 0.2) is 0 Å². The molecule has 1 unspecified atom stereocenters. The number of rotatable bonds is 5. The Labute approximate surface area is 97.5 Å². The Morgan fingerprint density at radius 1 is 1.60 bits per heavy atom. The molecule has 4 heteroatoms. The van der Waals surface area contributed by atoms with Gasteiger partial charge in [0.25, 0.3) is 0 Å². The van der Waals surface area contributed by atoms with Crippen molar-refractivity contribution in [1.82, 2.24) is 5.43 Å². The summed E-state index contributed by atoms with van der Waals surface area (Å²) in [5, 5.41) is 0. The molecule has 1 atom stereocenters. The van der Waals surface area contributed by atoms with Gasteiger partial charge >= 0.3 is 0 Å². The highest BCUT2D eigenvalue weighted by Gasteiger charge is 2.14. The molecule has 2 nitrogen and oxygen atoms in total. The maximum absolute atomic E-state index is 13.7. The molecule has 0 fully saturated rings. The van der Waals surface area contributed by atoms with Crippen LogP contribution in [-0.2, 0) is 0 Å². The lowest BCUT2D eigenvalue weighted by Gasteiger charge is -2.16. The van der Waals surface area contributed by atoms with Crippen LogP contribution in [0.15, 0.2) is 35.3 Å². The van der Waals surface area contributed by atoms with Gasteiger partial charge in [0.1, 0.15) is 5.82 Å². The Balaban J connectivity index is 2.90. The fourth-order valence-corrected chi connectivity index (χ4v) is 1.78. The molecule has 0 saturated heterocycles. The maximum atomic E-state index is 13.7. The summed E-state index contributed by atoms with van der Waals surface area (Å²) in [6.07, 6.45) is 3.31. The third-order valence-corrected chi connectivity index (χ3v) is 2.83. The van der Waals surface area contributed by atoms with Gasteiger partial charge in [-0.1, -0.05) is 18.2 Å². The Morgan fingerprint density at radius 2 is 2.33 bits per heavy atom. The number of hydrazine groups is 1.